The van der Waals surface area contributed by atoms with Gasteiger partial charge in [-0.25, -0.2) is 9.97 Å². The van der Waals surface area contributed by atoms with Crippen molar-refractivity contribution in [1.29, 1.82) is 0 Å². The van der Waals surface area contributed by atoms with Crippen LogP contribution in [-0.2, 0) is 22.6 Å². The number of carbonyl (C=O) groups is 1. The molecule has 1 aromatic heterocycles. The Kier molecular flexibility index (Phi) is 7.47. The predicted molar refractivity (Wildman–Crippen MR) is 140 cm³/mol. The molecule has 36 heavy (non-hydrogen) atoms. The number of rotatable bonds is 10. The first-order chi connectivity index (χ1) is 17.4. The van der Waals surface area contributed by atoms with Gasteiger partial charge in [-0.05, 0) is 66.5 Å². The molecule has 3 fully saturated rings. The molecule has 0 spiro atoms. The molecule has 1 aromatic carbocycles. The number of nitrogens with zero attached hydrogens (tertiary/aromatic N) is 4. The van der Waals surface area contributed by atoms with Gasteiger partial charge in [-0.3, -0.25) is 4.79 Å². The van der Waals surface area contributed by atoms with E-state index < -0.39 is 0 Å². The number of aromatic nitrogens is 2. The molecular weight excluding hydrogens is 452 g/mol. The minimum absolute atomic E-state index is 0.223. The highest BCUT2D eigenvalue weighted by atomic mass is 16.5. The smallest absolute Gasteiger partial charge is 0.227 e. The summed E-state index contributed by atoms with van der Waals surface area (Å²) in [5, 5.41) is 0. The van der Waals surface area contributed by atoms with Gasteiger partial charge in [-0.15, -0.1) is 0 Å². The maximum Gasteiger partial charge on any atom is 0.227 e. The summed E-state index contributed by atoms with van der Waals surface area (Å²) < 4.78 is 11.2. The molecule has 2 aromatic rings. The summed E-state index contributed by atoms with van der Waals surface area (Å²) in [7, 11) is 1.69. The number of benzene rings is 1. The summed E-state index contributed by atoms with van der Waals surface area (Å²) in [6.45, 7) is 9.54. The SMILES string of the molecule is COCc1cnc(N2CCC([C@@H]3C[C@@H]3CCOc3ccc(CC(=O)N4CC(C)(C)C4)cc3)CC2)nc1. The van der Waals surface area contributed by atoms with E-state index in [2.05, 4.69) is 28.7 Å². The molecule has 2 saturated heterocycles. The molecule has 1 aliphatic carbocycles. The normalized spacial score (nSPS) is 23.3. The number of anilines is 1. The number of ether oxygens (including phenoxy) is 2. The van der Waals surface area contributed by atoms with Crippen LogP contribution in [0.2, 0.25) is 0 Å². The quantitative estimate of drug-likeness (QED) is 0.491. The average Bonchev–Trinajstić information content (AvgIpc) is 3.64. The first-order valence-corrected chi connectivity index (χ1v) is 13.4. The van der Waals surface area contributed by atoms with E-state index in [1.54, 1.807) is 7.11 Å². The molecule has 7 nitrogen and oxygen atoms in total. The van der Waals surface area contributed by atoms with Gasteiger partial charge in [-0.1, -0.05) is 26.0 Å². The van der Waals surface area contributed by atoms with Crippen molar-refractivity contribution < 1.29 is 14.3 Å². The maximum atomic E-state index is 12.4. The lowest BCUT2D eigenvalue weighted by atomic mass is 9.84. The number of methoxy groups -OCH3 is 1. The highest BCUT2D eigenvalue weighted by Gasteiger charge is 2.43. The average molecular weight is 493 g/mol. The largest absolute Gasteiger partial charge is 0.494 e. The van der Waals surface area contributed by atoms with Gasteiger partial charge in [0.05, 0.1) is 19.6 Å². The van der Waals surface area contributed by atoms with Crippen LogP contribution in [0.3, 0.4) is 0 Å². The topological polar surface area (TPSA) is 67.8 Å². The van der Waals surface area contributed by atoms with E-state index in [1.807, 2.05) is 41.6 Å². The monoisotopic (exact) mass is 492 g/mol. The Morgan fingerprint density at radius 2 is 1.75 bits per heavy atom. The van der Waals surface area contributed by atoms with E-state index in [-0.39, 0.29) is 11.3 Å². The second kappa shape index (κ2) is 10.8. The fraction of sp³-hybridized carbons (Fsp3) is 0.621. The molecule has 1 saturated carbocycles. The van der Waals surface area contributed by atoms with Gasteiger partial charge >= 0.3 is 0 Å². The van der Waals surface area contributed by atoms with Crippen LogP contribution >= 0.6 is 0 Å². The number of hydrogen-bond acceptors (Lipinski definition) is 6. The van der Waals surface area contributed by atoms with Gasteiger partial charge in [0.25, 0.3) is 0 Å². The van der Waals surface area contributed by atoms with Crippen molar-refractivity contribution in [3.05, 3.63) is 47.8 Å². The van der Waals surface area contributed by atoms with E-state index in [0.29, 0.717) is 13.0 Å². The van der Waals surface area contributed by atoms with Gasteiger partial charge in [-0.2, -0.15) is 0 Å². The third-order valence-corrected chi connectivity index (χ3v) is 8.03. The standard InChI is InChI=1S/C29H40N4O3/c1-29(2)19-33(20-29)27(34)14-21-4-6-25(7-5-21)36-13-10-24-15-26(24)23-8-11-32(12-9-23)28-30-16-22(17-31-28)18-35-3/h4-7,16-17,23-24,26H,8-15,18-20H2,1-3H3/t24-,26-/m0/s1. The summed E-state index contributed by atoms with van der Waals surface area (Å²) in [6, 6.07) is 8.07. The minimum atomic E-state index is 0.223. The van der Waals surface area contributed by atoms with Gasteiger partial charge < -0.3 is 19.3 Å². The van der Waals surface area contributed by atoms with E-state index in [1.165, 1.54) is 19.3 Å². The van der Waals surface area contributed by atoms with Crippen LogP contribution in [0.25, 0.3) is 0 Å². The second-order valence-corrected chi connectivity index (χ2v) is 11.7. The summed E-state index contributed by atoms with van der Waals surface area (Å²) in [6.07, 6.45) is 9.13. The highest BCUT2D eigenvalue weighted by molar-refractivity contribution is 5.79. The summed E-state index contributed by atoms with van der Waals surface area (Å²) in [4.78, 5) is 25.7. The van der Waals surface area contributed by atoms with Crippen molar-refractivity contribution in [1.82, 2.24) is 14.9 Å². The minimum Gasteiger partial charge on any atom is -0.494 e. The molecule has 7 heteroatoms. The lowest BCUT2D eigenvalue weighted by Gasteiger charge is -2.45. The van der Waals surface area contributed by atoms with Gasteiger partial charge in [0.2, 0.25) is 11.9 Å². The van der Waals surface area contributed by atoms with Gasteiger partial charge in [0.1, 0.15) is 5.75 Å². The van der Waals surface area contributed by atoms with Crippen molar-refractivity contribution in [2.45, 2.75) is 52.6 Å². The van der Waals surface area contributed by atoms with Crippen LogP contribution in [0.1, 0.15) is 50.7 Å². The highest BCUT2D eigenvalue weighted by Crippen LogP contribution is 2.49. The molecule has 0 N–H and O–H groups in total. The summed E-state index contributed by atoms with van der Waals surface area (Å²) >= 11 is 0. The van der Waals surface area contributed by atoms with Crippen LogP contribution in [0, 0.1) is 23.2 Å². The molecule has 194 valence electrons. The molecule has 0 radical (unpaired) electrons. The van der Waals surface area contributed by atoms with Crippen LogP contribution in [0.5, 0.6) is 5.75 Å². The zero-order valence-electron chi connectivity index (χ0n) is 22.0. The van der Waals surface area contributed by atoms with E-state index in [9.17, 15) is 4.79 Å². The number of piperidine rings is 1. The van der Waals surface area contributed by atoms with Crippen molar-refractivity contribution in [3.63, 3.8) is 0 Å². The van der Waals surface area contributed by atoms with E-state index in [0.717, 1.165) is 79.8 Å². The van der Waals surface area contributed by atoms with E-state index >= 15 is 0 Å². The molecule has 0 bridgehead atoms. The number of hydrogen-bond donors (Lipinski definition) is 0. The van der Waals surface area contributed by atoms with Gasteiger partial charge in [0, 0.05) is 51.2 Å². The Balaban J connectivity index is 0.981. The first kappa shape index (κ1) is 25.0. The van der Waals surface area contributed by atoms with Crippen LogP contribution in [-0.4, -0.2) is 60.7 Å². The third-order valence-electron chi connectivity index (χ3n) is 8.03. The maximum absolute atomic E-state index is 12.4. The lowest BCUT2D eigenvalue weighted by molar-refractivity contribution is -0.140. The molecule has 3 heterocycles. The third kappa shape index (κ3) is 6.17. The summed E-state index contributed by atoms with van der Waals surface area (Å²) in [5.74, 6) is 4.42. The Labute approximate surface area is 215 Å². The molecule has 2 aliphatic heterocycles. The first-order valence-electron chi connectivity index (χ1n) is 13.4. The lowest BCUT2D eigenvalue weighted by Crippen LogP contribution is -2.55. The van der Waals surface area contributed by atoms with Crippen LogP contribution in [0.4, 0.5) is 5.95 Å². The van der Waals surface area contributed by atoms with Crippen molar-refractivity contribution in [2.75, 3.05) is 44.8 Å². The predicted octanol–water partition coefficient (Wildman–Crippen LogP) is 4.36. The van der Waals surface area contributed by atoms with E-state index in [4.69, 9.17) is 9.47 Å². The van der Waals surface area contributed by atoms with Gasteiger partial charge in [0.15, 0.2) is 0 Å². The van der Waals surface area contributed by atoms with Crippen LogP contribution in [0.15, 0.2) is 36.7 Å². The zero-order valence-corrected chi connectivity index (χ0v) is 22.0. The van der Waals surface area contributed by atoms with Crippen molar-refractivity contribution in [2.24, 2.45) is 23.2 Å². The summed E-state index contributed by atoms with van der Waals surface area (Å²) in [5.41, 5.74) is 2.34. The number of carbonyl (C=O) groups excluding carboxylic acids is 1. The molecule has 1 amide bonds. The number of likely N-dealkylation sites (tertiary alicyclic amines) is 1. The molecule has 0 unspecified atom stereocenters. The molecule has 2 atom stereocenters. The van der Waals surface area contributed by atoms with Crippen LogP contribution < -0.4 is 9.64 Å². The number of amides is 1. The fourth-order valence-electron chi connectivity index (χ4n) is 5.94. The Hall–Kier alpha value is -2.67. The Morgan fingerprint density at radius 3 is 2.39 bits per heavy atom. The zero-order chi connectivity index (χ0) is 25.1. The van der Waals surface area contributed by atoms with Crippen molar-refractivity contribution >= 4 is 11.9 Å². The second-order valence-electron chi connectivity index (χ2n) is 11.7. The Morgan fingerprint density at radius 1 is 1.06 bits per heavy atom. The molecular formula is C29H40N4O3. The Bertz CT molecular complexity index is 1010. The molecule has 3 aliphatic rings. The fourth-order valence-corrected chi connectivity index (χ4v) is 5.94. The van der Waals surface area contributed by atoms with Crippen molar-refractivity contribution in [3.8, 4) is 5.75 Å². The molecule has 5 rings (SSSR count).